The molecule has 0 amide bonds. The monoisotopic (exact) mass is 208 g/mol. The maximum atomic E-state index is 10.1. The van der Waals surface area contributed by atoms with E-state index in [4.69, 9.17) is 15.0 Å². The Morgan fingerprint density at radius 1 is 1.54 bits per heavy atom. The van der Waals surface area contributed by atoms with E-state index in [2.05, 4.69) is 28.2 Å². The van der Waals surface area contributed by atoms with Gasteiger partial charge in [-0.1, -0.05) is 5.92 Å². The third kappa shape index (κ3) is 24.9. The van der Waals surface area contributed by atoms with Gasteiger partial charge in [0.25, 0.3) is 0 Å². The van der Waals surface area contributed by atoms with Crippen LogP contribution in [0.5, 0.6) is 0 Å². The summed E-state index contributed by atoms with van der Waals surface area (Å²) in [5.74, 6) is 4.41. The van der Waals surface area contributed by atoms with Gasteiger partial charge in [0.1, 0.15) is 6.61 Å². The molecular weight excluding hydrogens is 200 g/mol. The van der Waals surface area contributed by atoms with Crippen molar-refractivity contribution in [2.45, 2.75) is 6.92 Å². The largest absolute Gasteiger partial charge is 0.469 e. The summed E-state index contributed by atoms with van der Waals surface area (Å²) < 4.78 is 4.37. The molecule has 0 aliphatic carbocycles. The van der Waals surface area contributed by atoms with E-state index >= 15 is 0 Å². The van der Waals surface area contributed by atoms with Crippen LogP contribution in [-0.2, 0) is 9.53 Å². The molecule has 0 saturated heterocycles. The Morgan fingerprint density at radius 3 is 2.31 bits per heavy atom. The van der Waals surface area contributed by atoms with Crippen LogP contribution in [0, 0.1) is 11.8 Å². The summed E-state index contributed by atoms with van der Waals surface area (Å²) in [6, 6.07) is 0. The zero-order valence-electron chi connectivity index (χ0n) is 6.91. The van der Waals surface area contributed by atoms with Crippen molar-refractivity contribution in [3.8, 4) is 11.8 Å². The molecule has 0 aromatic heterocycles. The highest BCUT2D eigenvalue weighted by Crippen LogP contribution is 1.73. The van der Waals surface area contributed by atoms with Crippen LogP contribution < -0.4 is 0 Å². The Morgan fingerprint density at radius 2 is 2.00 bits per heavy atom. The molecule has 0 saturated carbocycles. The molecular formula is C7H9ClO5. The van der Waals surface area contributed by atoms with Gasteiger partial charge in [-0.25, -0.2) is 9.59 Å². The fourth-order valence-electron chi connectivity index (χ4n) is 0.234. The number of rotatable bonds is 2. The maximum absolute atomic E-state index is 10.1. The zero-order valence-corrected chi connectivity index (χ0v) is 7.67. The lowest BCUT2D eigenvalue weighted by atomic mass is 10.6. The van der Waals surface area contributed by atoms with Crippen molar-refractivity contribution in [1.29, 1.82) is 0 Å². The number of aliphatic hydroxyl groups is 1. The second kappa shape index (κ2) is 10.8. The van der Waals surface area contributed by atoms with Crippen molar-refractivity contribution in [3.05, 3.63) is 0 Å². The van der Waals surface area contributed by atoms with Crippen molar-refractivity contribution in [2.75, 3.05) is 13.2 Å². The average molecular weight is 209 g/mol. The number of carbonyl (C=O) groups excluding carboxylic acids is 1. The van der Waals surface area contributed by atoms with Crippen LogP contribution in [0.2, 0.25) is 0 Å². The molecule has 0 atom stereocenters. The molecule has 0 bridgehead atoms. The van der Waals surface area contributed by atoms with Gasteiger partial charge in [-0.15, -0.1) is 5.92 Å². The normalized spacial score (nSPS) is 7.00. The Kier molecular flexibility index (Phi) is 11.8. The molecule has 0 aliphatic rings. The molecule has 0 aromatic rings. The number of halogens is 1. The summed E-state index contributed by atoms with van der Waals surface area (Å²) in [6.45, 7) is 1.13. The van der Waals surface area contributed by atoms with E-state index in [0.717, 1.165) is 0 Å². The number of carbonyl (C=O) groups is 2. The first-order valence-electron chi connectivity index (χ1n) is 3.09. The molecule has 0 aromatic carbocycles. The van der Waals surface area contributed by atoms with Gasteiger partial charge in [-0.2, -0.15) is 0 Å². The summed E-state index contributed by atoms with van der Waals surface area (Å²) in [5.41, 5.74) is -1.36. The molecule has 2 N–H and O–H groups in total. The van der Waals surface area contributed by atoms with E-state index in [0.29, 0.717) is 0 Å². The molecule has 0 spiro atoms. The molecule has 6 heteroatoms. The standard InChI is InChI=1S/C6H8O3.CHClO2/c1-2-3-4-9-6(8)5-7;2-1(3)4/h7H,4-5H2,1H3;(H,3,4). The van der Waals surface area contributed by atoms with E-state index in [-0.39, 0.29) is 6.61 Å². The SMILES string of the molecule is CC#CCOC(=O)CO.O=C(O)Cl. The molecule has 13 heavy (non-hydrogen) atoms. The van der Waals surface area contributed by atoms with Crippen LogP contribution in [-0.4, -0.2) is 34.8 Å². The zero-order chi connectivity index (χ0) is 10.7. The highest BCUT2D eigenvalue weighted by molar-refractivity contribution is 6.60. The van der Waals surface area contributed by atoms with E-state index in [1.165, 1.54) is 0 Å². The molecule has 0 radical (unpaired) electrons. The van der Waals surface area contributed by atoms with Crippen molar-refractivity contribution < 1.29 is 24.5 Å². The van der Waals surface area contributed by atoms with Crippen LogP contribution in [0.4, 0.5) is 4.79 Å². The second-order valence-electron chi connectivity index (χ2n) is 1.50. The first kappa shape index (κ1) is 14.3. The highest BCUT2D eigenvalue weighted by Gasteiger charge is 1.94. The lowest BCUT2D eigenvalue weighted by Crippen LogP contribution is -2.08. The summed E-state index contributed by atoms with van der Waals surface area (Å²) in [6.07, 6.45) is 0. The second-order valence-corrected chi connectivity index (χ2v) is 1.82. The van der Waals surface area contributed by atoms with Crippen LogP contribution in [0.3, 0.4) is 0 Å². The number of hydrogen-bond donors (Lipinski definition) is 2. The summed E-state index contributed by atoms with van der Waals surface area (Å²) in [7, 11) is 0. The molecule has 0 unspecified atom stereocenters. The fraction of sp³-hybridized carbons (Fsp3) is 0.429. The highest BCUT2D eigenvalue weighted by atomic mass is 35.5. The van der Waals surface area contributed by atoms with Gasteiger partial charge in [-0.05, 0) is 6.92 Å². The number of hydrogen-bond acceptors (Lipinski definition) is 4. The maximum Gasteiger partial charge on any atom is 0.401 e. The van der Waals surface area contributed by atoms with Crippen LogP contribution in [0.15, 0.2) is 0 Å². The Hall–Kier alpha value is -1.25. The van der Waals surface area contributed by atoms with Gasteiger partial charge in [0.15, 0.2) is 6.61 Å². The summed E-state index contributed by atoms with van der Waals surface area (Å²) >= 11 is 4.19. The fourth-order valence-corrected chi connectivity index (χ4v) is 0.234. The van der Waals surface area contributed by atoms with E-state index in [1.807, 2.05) is 0 Å². The van der Waals surface area contributed by atoms with Gasteiger partial charge in [0.05, 0.1) is 0 Å². The molecule has 0 rings (SSSR count). The van der Waals surface area contributed by atoms with Crippen molar-refractivity contribution in [2.24, 2.45) is 0 Å². The Bertz CT molecular complexity index is 211. The smallest absolute Gasteiger partial charge is 0.401 e. The van der Waals surface area contributed by atoms with Crippen LogP contribution >= 0.6 is 11.6 Å². The predicted molar refractivity (Wildman–Crippen MR) is 45.4 cm³/mol. The third-order valence-electron chi connectivity index (χ3n) is 0.611. The van der Waals surface area contributed by atoms with Crippen molar-refractivity contribution in [1.82, 2.24) is 0 Å². The Balaban J connectivity index is 0. The molecule has 0 heterocycles. The third-order valence-corrected chi connectivity index (χ3v) is 0.611. The number of carboxylic acid groups (broad SMARTS) is 1. The van der Waals surface area contributed by atoms with Crippen LogP contribution in [0.25, 0.3) is 0 Å². The first-order valence-corrected chi connectivity index (χ1v) is 3.46. The van der Waals surface area contributed by atoms with E-state index in [9.17, 15) is 4.79 Å². The van der Waals surface area contributed by atoms with E-state index in [1.54, 1.807) is 6.92 Å². The van der Waals surface area contributed by atoms with Crippen LogP contribution in [0.1, 0.15) is 6.92 Å². The number of aliphatic hydroxyl groups excluding tert-OH is 1. The van der Waals surface area contributed by atoms with Gasteiger partial charge in [-0.3, -0.25) is 0 Å². The topological polar surface area (TPSA) is 83.8 Å². The lowest BCUT2D eigenvalue weighted by molar-refractivity contribution is -0.145. The molecule has 0 fully saturated rings. The minimum atomic E-state index is -1.36. The Labute approximate surface area is 80.3 Å². The van der Waals surface area contributed by atoms with Gasteiger partial charge in [0.2, 0.25) is 0 Å². The lowest BCUT2D eigenvalue weighted by Gasteiger charge is -1.93. The summed E-state index contributed by atoms with van der Waals surface area (Å²) in [5, 5.41) is 15.3. The quantitative estimate of drug-likeness (QED) is 0.391. The molecule has 5 nitrogen and oxygen atoms in total. The van der Waals surface area contributed by atoms with Gasteiger partial charge in [0, 0.05) is 11.6 Å². The minimum Gasteiger partial charge on any atom is -0.469 e. The van der Waals surface area contributed by atoms with Gasteiger partial charge >= 0.3 is 11.4 Å². The first-order chi connectivity index (χ1) is 6.04. The summed E-state index contributed by atoms with van der Waals surface area (Å²) in [4.78, 5) is 18.9. The predicted octanol–water partition coefficient (Wildman–Crippen LogP) is 0.448. The average Bonchev–Trinajstić information content (AvgIpc) is 2.03. The van der Waals surface area contributed by atoms with Crippen molar-refractivity contribution in [3.63, 3.8) is 0 Å². The van der Waals surface area contributed by atoms with E-state index < -0.39 is 18.0 Å². The molecule has 0 aliphatic heterocycles. The number of ether oxygens (including phenoxy) is 1. The molecule has 74 valence electrons. The van der Waals surface area contributed by atoms with Gasteiger partial charge < -0.3 is 14.9 Å². The van der Waals surface area contributed by atoms with Crippen molar-refractivity contribution >= 4 is 23.0 Å². The minimum absolute atomic E-state index is 0.0654. The number of esters is 1.